The molecule has 0 aliphatic heterocycles. The van der Waals surface area contributed by atoms with Gasteiger partial charge in [-0.1, -0.05) is 47.0 Å². The number of aliphatic imine (C=N–C) groups is 2. The molecule has 1 unspecified atom stereocenters. The minimum absolute atomic E-state index is 0.423. The molecule has 2 heterocycles. The van der Waals surface area contributed by atoms with Crippen molar-refractivity contribution in [3.8, 4) is 11.4 Å². The van der Waals surface area contributed by atoms with Crippen LogP contribution in [-0.4, -0.2) is 33.8 Å². The number of rotatable bonds is 10. The Morgan fingerprint density at radius 3 is 1.77 bits per heavy atom. The van der Waals surface area contributed by atoms with Crippen molar-refractivity contribution < 1.29 is 0 Å². The van der Waals surface area contributed by atoms with Crippen molar-refractivity contribution in [3.63, 3.8) is 0 Å². The monoisotopic (exact) mass is 436 g/mol. The summed E-state index contributed by atoms with van der Waals surface area (Å²) in [4.78, 5) is 20.0. The van der Waals surface area contributed by atoms with Gasteiger partial charge >= 0.3 is 0 Å². The lowest BCUT2D eigenvalue weighted by Crippen LogP contribution is -2.26. The first-order valence-electron chi connectivity index (χ1n) is 11.8. The van der Waals surface area contributed by atoms with Crippen LogP contribution >= 0.6 is 12.6 Å². The molecule has 1 aliphatic rings. The van der Waals surface area contributed by atoms with Crippen LogP contribution in [0.2, 0.25) is 0 Å². The Kier molecular flexibility index (Phi) is 8.82. The van der Waals surface area contributed by atoms with Gasteiger partial charge in [-0.2, -0.15) is 12.6 Å². The van der Waals surface area contributed by atoms with Gasteiger partial charge in [-0.3, -0.25) is 20.0 Å². The fourth-order valence-corrected chi connectivity index (χ4v) is 3.90. The fraction of sp³-hybridized carbons (Fsp3) is 0.538. The lowest BCUT2D eigenvalue weighted by molar-refractivity contribution is 0.577. The third-order valence-electron chi connectivity index (χ3n) is 5.92. The molecule has 0 amide bonds. The lowest BCUT2D eigenvalue weighted by Gasteiger charge is -2.23. The maximum atomic E-state index is 5.09. The summed E-state index contributed by atoms with van der Waals surface area (Å²) in [7, 11) is 0. The zero-order valence-electron chi connectivity index (χ0n) is 19.5. The van der Waals surface area contributed by atoms with Crippen LogP contribution in [0, 0.1) is 5.92 Å². The molecule has 0 saturated carbocycles. The number of aryl methyl sites for hydroxylation is 2. The topological polar surface area (TPSA) is 50.5 Å². The molecule has 3 rings (SSSR count). The molecule has 31 heavy (non-hydrogen) atoms. The summed E-state index contributed by atoms with van der Waals surface area (Å²) < 4.78 is 0. The zero-order valence-corrected chi connectivity index (χ0v) is 20.4. The number of pyridine rings is 2. The third-order valence-corrected chi connectivity index (χ3v) is 6.07. The van der Waals surface area contributed by atoms with Crippen molar-refractivity contribution in [2.24, 2.45) is 15.9 Å². The number of hydrogen-bond acceptors (Lipinski definition) is 5. The predicted molar refractivity (Wildman–Crippen MR) is 136 cm³/mol. The second-order valence-corrected chi connectivity index (χ2v) is 8.74. The van der Waals surface area contributed by atoms with Crippen LogP contribution in [0.15, 0.2) is 34.3 Å². The SMILES string of the molecule is CCCCc1ccc2c(n1)-c1nc(CCCC)ccc1/C(=N/CS)C2=NCC(C)CC. The van der Waals surface area contributed by atoms with E-state index in [0.29, 0.717) is 11.8 Å². The Labute approximate surface area is 193 Å². The van der Waals surface area contributed by atoms with E-state index >= 15 is 0 Å². The zero-order chi connectivity index (χ0) is 22.2. The molecular weight excluding hydrogens is 400 g/mol. The number of hydrogen-bond donors (Lipinski definition) is 1. The molecule has 2 aromatic heterocycles. The van der Waals surface area contributed by atoms with Crippen LogP contribution in [0.3, 0.4) is 0 Å². The van der Waals surface area contributed by atoms with E-state index in [1.807, 2.05) is 0 Å². The van der Waals surface area contributed by atoms with Crippen molar-refractivity contribution in [1.29, 1.82) is 0 Å². The highest BCUT2D eigenvalue weighted by molar-refractivity contribution is 7.80. The number of thiol groups is 1. The van der Waals surface area contributed by atoms with Gasteiger partial charge in [0.15, 0.2) is 0 Å². The lowest BCUT2D eigenvalue weighted by atomic mass is 9.87. The molecule has 0 N–H and O–H groups in total. The Balaban J connectivity index is 2.17. The summed E-state index contributed by atoms with van der Waals surface area (Å²) in [5, 5.41) is 0. The second-order valence-electron chi connectivity index (χ2n) is 8.46. The van der Waals surface area contributed by atoms with E-state index in [1.165, 1.54) is 0 Å². The molecule has 4 nitrogen and oxygen atoms in total. The first-order valence-corrected chi connectivity index (χ1v) is 12.5. The summed E-state index contributed by atoms with van der Waals surface area (Å²) >= 11 is 4.40. The standard InChI is InChI=1S/C26H36N4S/c1-5-8-10-19-12-14-21-23(27-16-18(4)7-3)24(28-17-31)22-15-13-20(11-9-6-2)30-26(22)25(21)29-19/h12-15,18,31H,5-11,16-17H2,1-4H3/b27-23?,28-24-. The van der Waals surface area contributed by atoms with E-state index in [9.17, 15) is 0 Å². The van der Waals surface area contributed by atoms with Gasteiger partial charge in [0.05, 0.1) is 28.7 Å². The van der Waals surface area contributed by atoms with E-state index < -0.39 is 0 Å². The molecule has 0 aromatic carbocycles. The highest BCUT2D eigenvalue weighted by Crippen LogP contribution is 2.33. The smallest absolute Gasteiger partial charge is 0.0991 e. The van der Waals surface area contributed by atoms with Gasteiger partial charge in [0.2, 0.25) is 0 Å². The molecule has 1 aliphatic carbocycles. The molecule has 2 aromatic rings. The van der Waals surface area contributed by atoms with Crippen molar-refractivity contribution in [1.82, 2.24) is 9.97 Å². The van der Waals surface area contributed by atoms with Gasteiger partial charge in [0.25, 0.3) is 0 Å². The largest absolute Gasteiger partial charge is 0.282 e. The maximum absolute atomic E-state index is 5.09. The summed E-state index contributed by atoms with van der Waals surface area (Å²) in [6.45, 7) is 9.67. The van der Waals surface area contributed by atoms with Crippen LogP contribution in [0.1, 0.15) is 82.3 Å². The van der Waals surface area contributed by atoms with Crippen molar-refractivity contribution in [2.75, 3.05) is 12.4 Å². The van der Waals surface area contributed by atoms with Crippen LogP contribution in [0.5, 0.6) is 0 Å². The number of aromatic nitrogens is 2. The Morgan fingerprint density at radius 1 is 0.806 bits per heavy atom. The summed E-state index contributed by atoms with van der Waals surface area (Å²) in [6, 6.07) is 8.64. The molecule has 1 atom stereocenters. The molecule has 0 spiro atoms. The highest BCUT2D eigenvalue weighted by atomic mass is 32.1. The van der Waals surface area contributed by atoms with E-state index in [2.05, 4.69) is 64.6 Å². The van der Waals surface area contributed by atoms with Crippen LogP contribution in [0.25, 0.3) is 11.4 Å². The molecule has 0 bridgehead atoms. The van der Waals surface area contributed by atoms with Crippen LogP contribution in [0.4, 0.5) is 0 Å². The fourth-order valence-electron chi connectivity index (χ4n) is 3.76. The van der Waals surface area contributed by atoms with E-state index in [-0.39, 0.29) is 0 Å². The summed E-state index contributed by atoms with van der Waals surface area (Å²) in [6.07, 6.45) is 7.69. The number of nitrogens with zero attached hydrogens (tertiary/aromatic N) is 4. The minimum atomic E-state index is 0.423. The summed E-state index contributed by atoms with van der Waals surface area (Å²) in [5.74, 6) is 0.951. The predicted octanol–water partition coefficient (Wildman–Crippen LogP) is 6.35. The quantitative estimate of drug-likeness (QED) is 0.441. The second kappa shape index (κ2) is 11.6. The van der Waals surface area contributed by atoms with Crippen molar-refractivity contribution in [2.45, 2.75) is 72.6 Å². The highest BCUT2D eigenvalue weighted by Gasteiger charge is 2.29. The van der Waals surface area contributed by atoms with Crippen molar-refractivity contribution >= 4 is 24.1 Å². The van der Waals surface area contributed by atoms with Gasteiger partial charge in [-0.15, -0.1) is 0 Å². The average Bonchev–Trinajstić information content (AvgIpc) is 2.80. The normalized spacial score (nSPS) is 16.4. The molecule has 0 radical (unpaired) electrons. The van der Waals surface area contributed by atoms with Gasteiger partial charge in [0.1, 0.15) is 0 Å². The maximum Gasteiger partial charge on any atom is 0.0991 e. The Morgan fingerprint density at radius 2 is 1.32 bits per heavy atom. The molecule has 5 heteroatoms. The van der Waals surface area contributed by atoms with E-state index in [1.54, 1.807) is 0 Å². The third kappa shape index (κ3) is 5.62. The first-order chi connectivity index (χ1) is 15.1. The minimum Gasteiger partial charge on any atom is -0.282 e. The molecular formula is C26H36N4S. The van der Waals surface area contributed by atoms with E-state index in [4.69, 9.17) is 20.0 Å². The van der Waals surface area contributed by atoms with Crippen LogP contribution in [-0.2, 0) is 12.8 Å². The molecule has 0 fully saturated rings. The Hall–Kier alpha value is -2.01. The molecule has 166 valence electrons. The average molecular weight is 437 g/mol. The van der Waals surface area contributed by atoms with Crippen LogP contribution < -0.4 is 0 Å². The van der Waals surface area contributed by atoms with Gasteiger partial charge in [-0.25, -0.2) is 0 Å². The number of unbranched alkanes of at least 4 members (excludes halogenated alkanes) is 2. The Bertz CT molecular complexity index is 948. The summed E-state index contributed by atoms with van der Waals surface area (Å²) in [5.41, 5.74) is 8.09. The van der Waals surface area contributed by atoms with Crippen molar-refractivity contribution in [3.05, 3.63) is 46.8 Å². The van der Waals surface area contributed by atoms with Gasteiger partial charge in [-0.05, 0) is 55.9 Å². The van der Waals surface area contributed by atoms with Gasteiger partial charge < -0.3 is 0 Å². The first kappa shape index (κ1) is 23.6. The van der Waals surface area contributed by atoms with E-state index in [0.717, 1.165) is 96.8 Å². The number of fused-ring (bicyclic) bond motifs is 3. The molecule has 0 saturated heterocycles. The van der Waals surface area contributed by atoms with Gasteiger partial charge in [0, 0.05) is 29.1 Å².